The zero-order chi connectivity index (χ0) is 14.3. The minimum atomic E-state index is 0.679. The maximum absolute atomic E-state index is 3.24. The maximum atomic E-state index is 3.24. The standard InChI is InChI=1S/C16H30N2S/c1-6-8-9-18(13(3)7-2)12-15-10-16(11-17-5)19-14(15)4/h10,13,17H,6-9,11-12H2,1-5H3. The Hall–Kier alpha value is -0.380. The second kappa shape index (κ2) is 8.72. The van der Waals surface area contributed by atoms with Crippen LogP contribution in [0.25, 0.3) is 0 Å². The molecule has 0 spiro atoms. The van der Waals surface area contributed by atoms with E-state index in [0.717, 1.165) is 13.1 Å². The molecule has 3 heteroatoms. The van der Waals surface area contributed by atoms with Gasteiger partial charge in [-0.1, -0.05) is 20.3 Å². The van der Waals surface area contributed by atoms with E-state index in [0.29, 0.717) is 6.04 Å². The molecule has 1 aromatic rings. The predicted octanol–water partition coefficient (Wildman–Crippen LogP) is 4.18. The molecule has 1 atom stereocenters. The monoisotopic (exact) mass is 282 g/mol. The first-order valence-electron chi connectivity index (χ1n) is 7.59. The summed E-state index contributed by atoms with van der Waals surface area (Å²) in [5.41, 5.74) is 1.52. The largest absolute Gasteiger partial charge is 0.315 e. The summed E-state index contributed by atoms with van der Waals surface area (Å²) in [6.45, 7) is 12.5. The highest BCUT2D eigenvalue weighted by Gasteiger charge is 2.14. The molecular weight excluding hydrogens is 252 g/mol. The first-order chi connectivity index (χ1) is 9.12. The molecule has 19 heavy (non-hydrogen) atoms. The lowest BCUT2D eigenvalue weighted by molar-refractivity contribution is 0.192. The summed E-state index contributed by atoms with van der Waals surface area (Å²) in [6.07, 6.45) is 3.81. The van der Waals surface area contributed by atoms with Crippen molar-refractivity contribution in [2.75, 3.05) is 13.6 Å². The number of hydrogen-bond donors (Lipinski definition) is 1. The molecule has 1 heterocycles. The third-order valence-corrected chi connectivity index (χ3v) is 4.90. The number of aryl methyl sites for hydroxylation is 1. The van der Waals surface area contributed by atoms with Gasteiger partial charge in [0.2, 0.25) is 0 Å². The van der Waals surface area contributed by atoms with Crippen LogP contribution in [-0.2, 0) is 13.1 Å². The summed E-state index contributed by atoms with van der Waals surface area (Å²) in [6, 6.07) is 3.07. The van der Waals surface area contributed by atoms with E-state index in [1.54, 1.807) is 0 Å². The smallest absolute Gasteiger partial charge is 0.0296 e. The molecule has 2 nitrogen and oxygen atoms in total. The quantitative estimate of drug-likeness (QED) is 0.731. The van der Waals surface area contributed by atoms with Crippen molar-refractivity contribution in [2.24, 2.45) is 0 Å². The summed E-state index contributed by atoms with van der Waals surface area (Å²) in [5.74, 6) is 0. The van der Waals surface area contributed by atoms with Crippen LogP contribution in [0.15, 0.2) is 6.07 Å². The minimum absolute atomic E-state index is 0.679. The summed E-state index contributed by atoms with van der Waals surface area (Å²) in [5, 5.41) is 3.24. The van der Waals surface area contributed by atoms with E-state index in [1.165, 1.54) is 41.1 Å². The van der Waals surface area contributed by atoms with E-state index >= 15 is 0 Å². The molecule has 0 amide bonds. The normalized spacial score (nSPS) is 13.2. The zero-order valence-corrected chi connectivity index (χ0v) is 14.1. The summed E-state index contributed by atoms with van der Waals surface area (Å²) in [4.78, 5) is 5.58. The average molecular weight is 282 g/mol. The first-order valence-corrected chi connectivity index (χ1v) is 8.40. The van der Waals surface area contributed by atoms with Crippen LogP contribution in [0.3, 0.4) is 0 Å². The fraction of sp³-hybridized carbons (Fsp3) is 0.750. The Balaban J connectivity index is 2.71. The Morgan fingerprint density at radius 2 is 2.11 bits per heavy atom. The van der Waals surface area contributed by atoms with E-state index in [9.17, 15) is 0 Å². The summed E-state index contributed by atoms with van der Waals surface area (Å²) >= 11 is 1.93. The van der Waals surface area contributed by atoms with Crippen LogP contribution in [0.2, 0.25) is 0 Å². The number of unbranched alkanes of at least 4 members (excludes halogenated alkanes) is 1. The van der Waals surface area contributed by atoms with Gasteiger partial charge in [0, 0.05) is 28.9 Å². The molecule has 0 radical (unpaired) electrons. The number of nitrogens with one attached hydrogen (secondary N) is 1. The van der Waals surface area contributed by atoms with Gasteiger partial charge in [0.05, 0.1) is 0 Å². The van der Waals surface area contributed by atoms with E-state index in [1.807, 2.05) is 18.4 Å². The lowest BCUT2D eigenvalue weighted by Gasteiger charge is -2.28. The average Bonchev–Trinajstić information content (AvgIpc) is 2.74. The van der Waals surface area contributed by atoms with Crippen molar-refractivity contribution < 1.29 is 0 Å². The highest BCUT2D eigenvalue weighted by molar-refractivity contribution is 7.12. The Morgan fingerprint density at radius 1 is 1.37 bits per heavy atom. The molecule has 1 unspecified atom stereocenters. The third kappa shape index (κ3) is 5.25. The molecule has 1 aromatic heterocycles. The highest BCUT2D eigenvalue weighted by atomic mass is 32.1. The van der Waals surface area contributed by atoms with Crippen molar-refractivity contribution in [3.05, 3.63) is 21.4 Å². The Morgan fingerprint density at radius 3 is 2.68 bits per heavy atom. The second-order valence-corrected chi connectivity index (χ2v) is 6.75. The summed E-state index contributed by atoms with van der Waals surface area (Å²) in [7, 11) is 2.02. The number of rotatable bonds is 9. The van der Waals surface area contributed by atoms with E-state index in [2.05, 4.69) is 44.0 Å². The van der Waals surface area contributed by atoms with Gasteiger partial charge in [0.15, 0.2) is 0 Å². The van der Waals surface area contributed by atoms with Crippen LogP contribution >= 0.6 is 11.3 Å². The van der Waals surface area contributed by atoms with Crippen molar-refractivity contribution in [2.45, 2.75) is 66.1 Å². The molecule has 0 bridgehead atoms. The van der Waals surface area contributed by atoms with Crippen LogP contribution in [0, 0.1) is 6.92 Å². The van der Waals surface area contributed by atoms with Crippen molar-refractivity contribution in [1.29, 1.82) is 0 Å². The molecule has 0 aliphatic rings. The molecule has 110 valence electrons. The van der Waals surface area contributed by atoms with Gasteiger partial charge >= 0.3 is 0 Å². The van der Waals surface area contributed by atoms with Crippen molar-refractivity contribution in [1.82, 2.24) is 10.2 Å². The number of thiophene rings is 1. The predicted molar refractivity (Wildman–Crippen MR) is 86.9 cm³/mol. The second-order valence-electron chi connectivity index (χ2n) is 5.41. The topological polar surface area (TPSA) is 15.3 Å². The van der Waals surface area contributed by atoms with E-state index < -0.39 is 0 Å². The molecular formula is C16H30N2S. The first kappa shape index (κ1) is 16.7. The molecule has 0 saturated heterocycles. The van der Waals surface area contributed by atoms with Gasteiger partial charge < -0.3 is 5.32 Å². The fourth-order valence-corrected chi connectivity index (χ4v) is 3.36. The van der Waals surface area contributed by atoms with Crippen molar-refractivity contribution in [3.8, 4) is 0 Å². The lowest BCUT2D eigenvalue weighted by Crippen LogP contribution is -2.33. The Bertz CT molecular complexity index is 360. The maximum Gasteiger partial charge on any atom is 0.0296 e. The van der Waals surface area contributed by atoms with Crippen molar-refractivity contribution >= 4 is 11.3 Å². The Kier molecular flexibility index (Phi) is 7.66. The number of hydrogen-bond acceptors (Lipinski definition) is 3. The molecule has 0 fully saturated rings. The SMILES string of the molecule is CCCCN(Cc1cc(CNC)sc1C)C(C)CC. The molecule has 0 aromatic carbocycles. The van der Waals surface area contributed by atoms with Crippen LogP contribution < -0.4 is 5.32 Å². The Labute approximate surface area is 123 Å². The molecule has 0 aliphatic carbocycles. The van der Waals surface area contributed by atoms with Crippen molar-refractivity contribution in [3.63, 3.8) is 0 Å². The van der Waals surface area contributed by atoms with Crippen LogP contribution in [0.1, 0.15) is 55.4 Å². The lowest BCUT2D eigenvalue weighted by atomic mass is 10.1. The zero-order valence-electron chi connectivity index (χ0n) is 13.3. The van der Waals surface area contributed by atoms with Gasteiger partial charge in [-0.3, -0.25) is 4.90 Å². The van der Waals surface area contributed by atoms with Gasteiger partial charge in [-0.05, 0) is 51.9 Å². The van der Waals surface area contributed by atoms with Crippen LogP contribution in [-0.4, -0.2) is 24.5 Å². The summed E-state index contributed by atoms with van der Waals surface area (Å²) < 4.78 is 0. The van der Waals surface area contributed by atoms with Gasteiger partial charge in [0.25, 0.3) is 0 Å². The van der Waals surface area contributed by atoms with Crippen LogP contribution in [0.5, 0.6) is 0 Å². The van der Waals surface area contributed by atoms with Crippen LogP contribution in [0.4, 0.5) is 0 Å². The minimum Gasteiger partial charge on any atom is -0.315 e. The highest BCUT2D eigenvalue weighted by Crippen LogP contribution is 2.24. The molecule has 0 aliphatic heterocycles. The van der Waals surface area contributed by atoms with Gasteiger partial charge in [-0.2, -0.15) is 0 Å². The number of nitrogens with zero attached hydrogens (tertiary/aromatic N) is 1. The third-order valence-electron chi connectivity index (χ3n) is 3.81. The van der Waals surface area contributed by atoms with Gasteiger partial charge in [0.1, 0.15) is 0 Å². The fourth-order valence-electron chi connectivity index (χ4n) is 2.30. The van der Waals surface area contributed by atoms with E-state index in [-0.39, 0.29) is 0 Å². The van der Waals surface area contributed by atoms with Gasteiger partial charge in [-0.25, -0.2) is 0 Å². The van der Waals surface area contributed by atoms with Gasteiger partial charge in [-0.15, -0.1) is 11.3 Å². The molecule has 1 rings (SSSR count). The molecule has 0 saturated carbocycles. The molecule has 1 N–H and O–H groups in total. The van der Waals surface area contributed by atoms with E-state index in [4.69, 9.17) is 0 Å².